The lowest BCUT2D eigenvalue weighted by Gasteiger charge is -2.23. The summed E-state index contributed by atoms with van der Waals surface area (Å²) in [5.74, 6) is -0.260. The Hall–Kier alpha value is -0.570. The van der Waals surface area contributed by atoms with E-state index >= 15 is 0 Å². The number of carbonyl (C=O) groups is 1. The standard InChI is InChI=1S/C8H13NO2/c10-8(11)7-2-1-6-3-5(7)4-9-6/h5-7,9H,1-4H2,(H,10,11). The van der Waals surface area contributed by atoms with Gasteiger partial charge in [-0.3, -0.25) is 4.79 Å². The van der Waals surface area contributed by atoms with Crippen LogP contribution in [0.1, 0.15) is 19.3 Å². The minimum Gasteiger partial charge on any atom is -0.481 e. The molecule has 0 spiro atoms. The number of hydrogen-bond donors (Lipinski definition) is 2. The Bertz CT molecular complexity index is 181. The van der Waals surface area contributed by atoms with Gasteiger partial charge in [-0.15, -0.1) is 0 Å². The van der Waals surface area contributed by atoms with Gasteiger partial charge in [-0.25, -0.2) is 0 Å². The molecule has 3 unspecified atom stereocenters. The Morgan fingerprint density at radius 1 is 1.45 bits per heavy atom. The Morgan fingerprint density at radius 3 is 3.00 bits per heavy atom. The second-order valence-corrected chi connectivity index (χ2v) is 3.62. The zero-order valence-electron chi connectivity index (χ0n) is 6.42. The summed E-state index contributed by atoms with van der Waals surface area (Å²) in [7, 11) is 0. The van der Waals surface area contributed by atoms with Crippen LogP contribution in [0.15, 0.2) is 0 Å². The molecule has 2 rings (SSSR count). The van der Waals surface area contributed by atoms with Crippen molar-refractivity contribution < 1.29 is 9.90 Å². The summed E-state index contributed by atoms with van der Waals surface area (Å²) in [5.41, 5.74) is 0. The fraction of sp³-hybridized carbons (Fsp3) is 0.875. The fourth-order valence-corrected chi connectivity index (χ4v) is 2.32. The molecule has 2 aliphatic rings. The van der Waals surface area contributed by atoms with Gasteiger partial charge in [0, 0.05) is 6.04 Å². The van der Waals surface area contributed by atoms with Crippen LogP contribution in [-0.4, -0.2) is 23.7 Å². The fourth-order valence-electron chi connectivity index (χ4n) is 2.32. The van der Waals surface area contributed by atoms with Crippen LogP contribution in [0, 0.1) is 11.8 Å². The highest BCUT2D eigenvalue weighted by Gasteiger charge is 2.38. The van der Waals surface area contributed by atoms with Crippen molar-refractivity contribution in [2.45, 2.75) is 25.3 Å². The highest BCUT2D eigenvalue weighted by molar-refractivity contribution is 5.70. The molecule has 1 aliphatic carbocycles. The minimum absolute atomic E-state index is 0.0683. The molecule has 0 aromatic rings. The minimum atomic E-state index is -0.600. The molecule has 62 valence electrons. The predicted molar refractivity (Wildman–Crippen MR) is 40.3 cm³/mol. The van der Waals surface area contributed by atoms with Gasteiger partial charge in [0.2, 0.25) is 0 Å². The smallest absolute Gasteiger partial charge is 0.306 e. The summed E-state index contributed by atoms with van der Waals surface area (Å²) in [6, 6.07) is 0.621. The van der Waals surface area contributed by atoms with Crippen LogP contribution in [0.25, 0.3) is 0 Å². The van der Waals surface area contributed by atoms with Crippen LogP contribution in [0.3, 0.4) is 0 Å². The van der Waals surface area contributed by atoms with Gasteiger partial charge in [-0.1, -0.05) is 0 Å². The van der Waals surface area contributed by atoms with Crippen molar-refractivity contribution in [1.82, 2.24) is 5.32 Å². The molecule has 3 atom stereocenters. The number of carboxylic acid groups (broad SMARTS) is 1. The maximum atomic E-state index is 10.7. The zero-order valence-corrected chi connectivity index (χ0v) is 6.42. The molecule has 1 saturated heterocycles. The summed E-state index contributed by atoms with van der Waals surface area (Å²) in [6.07, 6.45) is 3.00. The lowest BCUT2D eigenvalue weighted by atomic mass is 9.80. The van der Waals surface area contributed by atoms with Crippen molar-refractivity contribution in [3.05, 3.63) is 0 Å². The molecule has 0 aromatic heterocycles. The number of rotatable bonds is 1. The van der Waals surface area contributed by atoms with E-state index in [1.165, 1.54) is 0 Å². The summed E-state index contributed by atoms with van der Waals surface area (Å²) >= 11 is 0. The summed E-state index contributed by atoms with van der Waals surface area (Å²) in [4.78, 5) is 10.7. The Balaban J connectivity index is 2.07. The largest absolute Gasteiger partial charge is 0.481 e. The third-order valence-corrected chi connectivity index (χ3v) is 2.97. The molecule has 3 nitrogen and oxygen atoms in total. The molecule has 3 heteroatoms. The van der Waals surface area contributed by atoms with Crippen LogP contribution in [-0.2, 0) is 4.79 Å². The van der Waals surface area contributed by atoms with E-state index in [0.29, 0.717) is 12.0 Å². The van der Waals surface area contributed by atoms with Crippen LogP contribution in [0.2, 0.25) is 0 Å². The molecule has 1 aliphatic heterocycles. The third-order valence-electron chi connectivity index (χ3n) is 2.97. The molecule has 0 aromatic carbocycles. The van der Waals surface area contributed by atoms with Crippen LogP contribution < -0.4 is 5.32 Å². The number of hydrogen-bond acceptors (Lipinski definition) is 2. The van der Waals surface area contributed by atoms with Gasteiger partial charge in [0.25, 0.3) is 0 Å². The number of nitrogens with one attached hydrogen (secondary N) is 1. The SMILES string of the molecule is O=C(O)C1CCC2CC1CN2. The maximum absolute atomic E-state index is 10.7. The van der Waals surface area contributed by atoms with E-state index in [2.05, 4.69) is 5.32 Å². The number of aliphatic carboxylic acids is 1. The van der Waals surface area contributed by atoms with E-state index in [-0.39, 0.29) is 5.92 Å². The monoisotopic (exact) mass is 155 g/mol. The van der Waals surface area contributed by atoms with E-state index in [0.717, 1.165) is 25.8 Å². The Morgan fingerprint density at radius 2 is 2.27 bits per heavy atom. The van der Waals surface area contributed by atoms with Crippen molar-refractivity contribution >= 4 is 5.97 Å². The summed E-state index contributed by atoms with van der Waals surface area (Å²) < 4.78 is 0. The molecule has 0 radical (unpaired) electrons. The van der Waals surface area contributed by atoms with Crippen molar-refractivity contribution in [2.24, 2.45) is 11.8 Å². The Kier molecular flexibility index (Phi) is 1.60. The first-order valence-electron chi connectivity index (χ1n) is 4.23. The molecule has 2 bridgehead atoms. The molecule has 2 N–H and O–H groups in total. The van der Waals surface area contributed by atoms with E-state index in [1.807, 2.05) is 0 Å². The molecular formula is C8H13NO2. The lowest BCUT2D eigenvalue weighted by Crippen LogP contribution is -2.28. The van der Waals surface area contributed by atoms with Crippen molar-refractivity contribution in [3.8, 4) is 0 Å². The van der Waals surface area contributed by atoms with Crippen LogP contribution in [0.4, 0.5) is 0 Å². The zero-order chi connectivity index (χ0) is 7.84. The first-order chi connectivity index (χ1) is 5.27. The topological polar surface area (TPSA) is 49.3 Å². The van der Waals surface area contributed by atoms with Gasteiger partial charge < -0.3 is 10.4 Å². The quantitative estimate of drug-likeness (QED) is 0.578. The average Bonchev–Trinajstić information content (AvgIpc) is 2.32. The second-order valence-electron chi connectivity index (χ2n) is 3.62. The first kappa shape index (κ1) is 7.10. The van der Waals surface area contributed by atoms with Gasteiger partial charge in [-0.05, 0) is 31.7 Å². The van der Waals surface area contributed by atoms with Gasteiger partial charge in [0.1, 0.15) is 0 Å². The normalized spacial score (nSPS) is 42.4. The van der Waals surface area contributed by atoms with E-state index in [9.17, 15) is 4.79 Å². The highest BCUT2D eigenvalue weighted by Crippen LogP contribution is 2.34. The van der Waals surface area contributed by atoms with Crippen molar-refractivity contribution in [2.75, 3.05) is 6.54 Å². The molecule has 0 amide bonds. The number of carboxylic acids is 1. The second kappa shape index (κ2) is 2.48. The van der Waals surface area contributed by atoms with Gasteiger partial charge in [-0.2, -0.15) is 0 Å². The molecule has 2 fully saturated rings. The first-order valence-corrected chi connectivity index (χ1v) is 4.23. The third kappa shape index (κ3) is 1.13. The van der Waals surface area contributed by atoms with Crippen molar-refractivity contribution in [3.63, 3.8) is 0 Å². The predicted octanol–water partition coefficient (Wildman–Crippen LogP) is 0.459. The van der Waals surface area contributed by atoms with E-state index in [1.54, 1.807) is 0 Å². The highest BCUT2D eigenvalue weighted by atomic mass is 16.4. The summed E-state index contributed by atoms with van der Waals surface area (Å²) in [6.45, 7) is 0.918. The molecule has 1 heterocycles. The van der Waals surface area contributed by atoms with Gasteiger partial charge in [0.05, 0.1) is 5.92 Å². The van der Waals surface area contributed by atoms with Crippen molar-refractivity contribution in [1.29, 1.82) is 0 Å². The molecule has 11 heavy (non-hydrogen) atoms. The van der Waals surface area contributed by atoms with Crippen LogP contribution >= 0.6 is 0 Å². The molecular weight excluding hydrogens is 142 g/mol. The maximum Gasteiger partial charge on any atom is 0.306 e. The summed E-state index contributed by atoms with van der Waals surface area (Å²) in [5, 5.41) is 12.2. The van der Waals surface area contributed by atoms with E-state index < -0.39 is 5.97 Å². The lowest BCUT2D eigenvalue weighted by molar-refractivity contribution is -0.144. The Labute approximate surface area is 65.8 Å². The molecule has 1 saturated carbocycles. The van der Waals surface area contributed by atoms with E-state index in [4.69, 9.17) is 5.11 Å². The number of fused-ring (bicyclic) bond motifs is 2. The van der Waals surface area contributed by atoms with Gasteiger partial charge >= 0.3 is 5.97 Å². The van der Waals surface area contributed by atoms with Crippen LogP contribution in [0.5, 0.6) is 0 Å². The average molecular weight is 155 g/mol. The van der Waals surface area contributed by atoms with Gasteiger partial charge in [0.15, 0.2) is 0 Å².